The highest BCUT2D eigenvalue weighted by molar-refractivity contribution is 5.94. The fraction of sp³-hybridized carbons (Fsp3) is 0.278. The number of hydrogen-bond acceptors (Lipinski definition) is 2. The van der Waals surface area contributed by atoms with Crippen molar-refractivity contribution in [3.63, 3.8) is 0 Å². The maximum absolute atomic E-state index is 12.0. The smallest absolute Gasteiger partial charge is 0.243 e. The van der Waals surface area contributed by atoms with Crippen LogP contribution < -0.4 is 10.6 Å². The van der Waals surface area contributed by atoms with Crippen LogP contribution in [0.15, 0.2) is 36.4 Å². The number of amides is 1. The van der Waals surface area contributed by atoms with E-state index >= 15 is 0 Å². The Morgan fingerprint density at radius 1 is 0.905 bits per heavy atom. The zero-order chi connectivity index (χ0) is 15.4. The molecule has 0 saturated heterocycles. The number of aryl methyl sites for hydroxylation is 4. The molecule has 0 fully saturated rings. The second-order valence-corrected chi connectivity index (χ2v) is 5.60. The first kappa shape index (κ1) is 15.1. The summed E-state index contributed by atoms with van der Waals surface area (Å²) in [6, 6.07) is 12.2. The normalized spacial score (nSPS) is 10.3. The Hall–Kier alpha value is -2.29. The van der Waals surface area contributed by atoms with E-state index in [4.69, 9.17) is 0 Å². The van der Waals surface area contributed by atoms with Crippen LogP contribution in [0.4, 0.5) is 11.4 Å². The third-order valence-electron chi connectivity index (χ3n) is 3.34. The third kappa shape index (κ3) is 4.35. The summed E-state index contributed by atoms with van der Waals surface area (Å²) < 4.78 is 0. The van der Waals surface area contributed by atoms with Crippen molar-refractivity contribution in [3.8, 4) is 0 Å². The van der Waals surface area contributed by atoms with E-state index in [1.165, 1.54) is 5.56 Å². The highest BCUT2D eigenvalue weighted by atomic mass is 16.1. The molecule has 0 bridgehead atoms. The minimum atomic E-state index is -0.0408. The Kier molecular flexibility index (Phi) is 4.63. The van der Waals surface area contributed by atoms with E-state index in [-0.39, 0.29) is 12.5 Å². The van der Waals surface area contributed by atoms with E-state index < -0.39 is 0 Å². The highest BCUT2D eigenvalue weighted by Crippen LogP contribution is 2.16. The van der Waals surface area contributed by atoms with Gasteiger partial charge in [-0.2, -0.15) is 0 Å². The molecule has 0 unspecified atom stereocenters. The molecule has 0 aliphatic heterocycles. The largest absolute Gasteiger partial charge is 0.376 e. The topological polar surface area (TPSA) is 41.1 Å². The fourth-order valence-corrected chi connectivity index (χ4v) is 2.35. The number of rotatable bonds is 4. The van der Waals surface area contributed by atoms with Crippen molar-refractivity contribution in [2.45, 2.75) is 27.7 Å². The van der Waals surface area contributed by atoms with Gasteiger partial charge in [-0.3, -0.25) is 4.79 Å². The number of hydrogen-bond donors (Lipinski definition) is 2. The lowest BCUT2D eigenvalue weighted by Gasteiger charge is -2.11. The first-order valence-electron chi connectivity index (χ1n) is 7.13. The molecule has 0 radical (unpaired) electrons. The molecule has 21 heavy (non-hydrogen) atoms. The summed E-state index contributed by atoms with van der Waals surface area (Å²) in [7, 11) is 0. The van der Waals surface area contributed by atoms with Gasteiger partial charge < -0.3 is 10.6 Å². The molecule has 0 aliphatic carbocycles. The van der Waals surface area contributed by atoms with Crippen molar-refractivity contribution in [1.29, 1.82) is 0 Å². The Morgan fingerprint density at radius 2 is 1.57 bits per heavy atom. The molecule has 0 aromatic heterocycles. The van der Waals surface area contributed by atoms with E-state index in [2.05, 4.69) is 34.9 Å². The molecule has 110 valence electrons. The first-order valence-corrected chi connectivity index (χ1v) is 7.13. The number of carbonyl (C=O) groups is 1. The number of carbonyl (C=O) groups excluding carboxylic acids is 1. The van der Waals surface area contributed by atoms with E-state index in [1.54, 1.807) is 0 Å². The standard InChI is InChI=1S/C18H22N2O/c1-12-5-6-15(4)17(10-12)19-11-18(21)20-16-8-13(2)7-14(3)9-16/h5-10,19H,11H2,1-4H3,(H,20,21). The second-order valence-electron chi connectivity index (χ2n) is 5.60. The molecule has 2 N–H and O–H groups in total. The molecule has 0 spiro atoms. The molecule has 2 aromatic rings. The molecule has 2 aromatic carbocycles. The third-order valence-corrected chi connectivity index (χ3v) is 3.34. The monoisotopic (exact) mass is 282 g/mol. The molecular weight excluding hydrogens is 260 g/mol. The Bertz CT molecular complexity index is 642. The zero-order valence-corrected chi connectivity index (χ0v) is 13.1. The lowest BCUT2D eigenvalue weighted by molar-refractivity contribution is -0.114. The van der Waals surface area contributed by atoms with Gasteiger partial charge in [0.15, 0.2) is 0 Å². The first-order chi connectivity index (χ1) is 9.94. The Balaban J connectivity index is 1.97. The molecule has 2 rings (SSSR count). The van der Waals surface area contributed by atoms with Gasteiger partial charge in [0.05, 0.1) is 6.54 Å². The summed E-state index contributed by atoms with van der Waals surface area (Å²) in [6.07, 6.45) is 0. The fourth-order valence-electron chi connectivity index (χ4n) is 2.35. The van der Waals surface area contributed by atoms with Gasteiger partial charge in [-0.25, -0.2) is 0 Å². The van der Waals surface area contributed by atoms with Crippen molar-refractivity contribution >= 4 is 17.3 Å². The molecule has 0 heterocycles. The average Bonchev–Trinajstić information content (AvgIpc) is 2.38. The molecule has 3 nitrogen and oxygen atoms in total. The molecule has 0 aliphatic rings. The minimum absolute atomic E-state index is 0.0408. The summed E-state index contributed by atoms with van der Waals surface area (Å²) in [5.41, 5.74) is 6.46. The van der Waals surface area contributed by atoms with Crippen LogP contribution in [-0.2, 0) is 4.79 Å². The van der Waals surface area contributed by atoms with Gasteiger partial charge in [0, 0.05) is 11.4 Å². The quantitative estimate of drug-likeness (QED) is 0.891. The van der Waals surface area contributed by atoms with Gasteiger partial charge in [-0.05, 0) is 68.1 Å². The van der Waals surface area contributed by atoms with E-state index in [1.807, 2.05) is 39.8 Å². The molecular formula is C18H22N2O. The van der Waals surface area contributed by atoms with Gasteiger partial charge in [0.2, 0.25) is 5.91 Å². The van der Waals surface area contributed by atoms with Crippen LogP contribution in [0.3, 0.4) is 0 Å². The average molecular weight is 282 g/mol. The number of nitrogens with one attached hydrogen (secondary N) is 2. The Labute approximate surface area is 126 Å². The highest BCUT2D eigenvalue weighted by Gasteiger charge is 2.05. The van der Waals surface area contributed by atoms with Crippen LogP contribution in [-0.4, -0.2) is 12.5 Å². The maximum atomic E-state index is 12.0. The van der Waals surface area contributed by atoms with Gasteiger partial charge in [0.25, 0.3) is 0 Å². The summed E-state index contributed by atoms with van der Waals surface area (Å²) in [5, 5.41) is 6.12. The van der Waals surface area contributed by atoms with Crippen LogP contribution >= 0.6 is 0 Å². The summed E-state index contributed by atoms with van der Waals surface area (Å²) in [4.78, 5) is 12.0. The van der Waals surface area contributed by atoms with Crippen LogP contribution in [0.1, 0.15) is 22.3 Å². The molecule has 3 heteroatoms. The molecule has 0 atom stereocenters. The maximum Gasteiger partial charge on any atom is 0.243 e. The SMILES string of the molecule is Cc1cc(C)cc(NC(=O)CNc2cc(C)ccc2C)c1. The van der Waals surface area contributed by atoms with E-state index in [9.17, 15) is 4.79 Å². The van der Waals surface area contributed by atoms with Crippen molar-refractivity contribution in [3.05, 3.63) is 58.7 Å². The number of benzene rings is 2. The molecule has 0 saturated carbocycles. The van der Waals surface area contributed by atoms with Gasteiger partial charge >= 0.3 is 0 Å². The van der Waals surface area contributed by atoms with Crippen LogP contribution in [0, 0.1) is 27.7 Å². The van der Waals surface area contributed by atoms with E-state index in [0.717, 1.165) is 28.1 Å². The molecule has 1 amide bonds. The zero-order valence-electron chi connectivity index (χ0n) is 13.1. The van der Waals surface area contributed by atoms with Crippen LogP contribution in [0.2, 0.25) is 0 Å². The van der Waals surface area contributed by atoms with Gasteiger partial charge in [-0.1, -0.05) is 18.2 Å². The lowest BCUT2D eigenvalue weighted by Crippen LogP contribution is -2.22. The van der Waals surface area contributed by atoms with Crippen molar-refractivity contribution in [1.82, 2.24) is 0 Å². The summed E-state index contributed by atoms with van der Waals surface area (Å²) >= 11 is 0. The second kappa shape index (κ2) is 6.44. The van der Waals surface area contributed by atoms with Gasteiger partial charge in [-0.15, -0.1) is 0 Å². The number of anilines is 2. The van der Waals surface area contributed by atoms with Gasteiger partial charge in [0.1, 0.15) is 0 Å². The summed E-state index contributed by atoms with van der Waals surface area (Å²) in [6.45, 7) is 8.38. The lowest BCUT2D eigenvalue weighted by atomic mass is 10.1. The van der Waals surface area contributed by atoms with E-state index in [0.29, 0.717) is 0 Å². The summed E-state index contributed by atoms with van der Waals surface area (Å²) in [5.74, 6) is -0.0408. The van der Waals surface area contributed by atoms with Crippen molar-refractivity contribution in [2.24, 2.45) is 0 Å². The van der Waals surface area contributed by atoms with Crippen LogP contribution in [0.25, 0.3) is 0 Å². The van der Waals surface area contributed by atoms with Crippen molar-refractivity contribution in [2.75, 3.05) is 17.2 Å². The minimum Gasteiger partial charge on any atom is -0.376 e. The predicted molar refractivity (Wildman–Crippen MR) is 89.0 cm³/mol. The Morgan fingerprint density at radius 3 is 2.24 bits per heavy atom. The van der Waals surface area contributed by atoms with Crippen LogP contribution in [0.5, 0.6) is 0 Å². The predicted octanol–water partition coefficient (Wildman–Crippen LogP) is 3.97. The van der Waals surface area contributed by atoms with Crippen molar-refractivity contribution < 1.29 is 4.79 Å².